The number of rotatable bonds is 3. The minimum Gasteiger partial charge on any atom is -0.377 e. The van der Waals surface area contributed by atoms with Crippen molar-refractivity contribution in [2.24, 2.45) is 11.1 Å². The monoisotopic (exact) mass is 239 g/mol. The van der Waals surface area contributed by atoms with E-state index in [4.69, 9.17) is 10.5 Å². The van der Waals surface area contributed by atoms with E-state index in [1.54, 1.807) is 0 Å². The molecule has 1 fully saturated rings. The number of halogens is 3. The molecule has 0 aromatic rings. The van der Waals surface area contributed by atoms with Crippen LogP contribution in [0.5, 0.6) is 0 Å². The van der Waals surface area contributed by atoms with Crippen molar-refractivity contribution < 1.29 is 17.9 Å². The third-order valence-corrected chi connectivity index (χ3v) is 3.17. The standard InChI is InChI=1S/C11H20F3NO/c1-10(2,11(12,13)14)7-16-9-5-3-8(15)4-6-9/h8-9H,3-7,15H2,1-2H3. The van der Waals surface area contributed by atoms with E-state index < -0.39 is 11.6 Å². The maximum Gasteiger partial charge on any atom is 0.396 e. The van der Waals surface area contributed by atoms with Crippen molar-refractivity contribution in [3.8, 4) is 0 Å². The third-order valence-electron chi connectivity index (χ3n) is 3.17. The van der Waals surface area contributed by atoms with Gasteiger partial charge in [0.05, 0.1) is 18.1 Å². The molecule has 1 aliphatic rings. The highest BCUT2D eigenvalue weighted by atomic mass is 19.4. The van der Waals surface area contributed by atoms with Gasteiger partial charge in [0.15, 0.2) is 0 Å². The van der Waals surface area contributed by atoms with Crippen molar-refractivity contribution >= 4 is 0 Å². The highest BCUT2D eigenvalue weighted by Crippen LogP contribution is 2.38. The van der Waals surface area contributed by atoms with Crippen molar-refractivity contribution in [1.29, 1.82) is 0 Å². The molecule has 2 N–H and O–H groups in total. The summed E-state index contributed by atoms with van der Waals surface area (Å²) in [4.78, 5) is 0. The molecule has 0 aromatic heterocycles. The first-order valence-corrected chi connectivity index (χ1v) is 5.66. The van der Waals surface area contributed by atoms with Crippen molar-refractivity contribution in [3.05, 3.63) is 0 Å². The summed E-state index contributed by atoms with van der Waals surface area (Å²) in [6.07, 6.45) is -1.03. The lowest BCUT2D eigenvalue weighted by atomic mass is 9.92. The van der Waals surface area contributed by atoms with Crippen molar-refractivity contribution in [2.75, 3.05) is 6.61 Å². The SMILES string of the molecule is CC(C)(COC1CCC(N)CC1)C(F)(F)F. The number of alkyl halides is 3. The molecule has 0 bridgehead atoms. The van der Waals surface area contributed by atoms with Crippen molar-refractivity contribution in [3.63, 3.8) is 0 Å². The lowest BCUT2D eigenvalue weighted by molar-refractivity contribution is -0.231. The Kier molecular flexibility index (Phi) is 4.23. The van der Waals surface area contributed by atoms with E-state index in [1.807, 2.05) is 0 Å². The third kappa shape index (κ3) is 3.63. The molecular formula is C11H20F3NO. The average Bonchev–Trinajstić information content (AvgIpc) is 2.15. The summed E-state index contributed by atoms with van der Waals surface area (Å²) in [5.74, 6) is 0. The van der Waals surface area contributed by atoms with Crippen LogP contribution in [0.4, 0.5) is 13.2 Å². The zero-order valence-electron chi connectivity index (χ0n) is 9.81. The zero-order valence-corrected chi connectivity index (χ0v) is 9.81. The van der Waals surface area contributed by atoms with Crippen molar-refractivity contribution in [1.82, 2.24) is 0 Å². The molecule has 5 heteroatoms. The van der Waals surface area contributed by atoms with Crippen LogP contribution < -0.4 is 5.73 Å². The van der Waals surface area contributed by atoms with Gasteiger partial charge in [-0.25, -0.2) is 0 Å². The lowest BCUT2D eigenvalue weighted by Gasteiger charge is -2.32. The lowest BCUT2D eigenvalue weighted by Crippen LogP contribution is -2.39. The summed E-state index contributed by atoms with van der Waals surface area (Å²) in [5, 5.41) is 0. The topological polar surface area (TPSA) is 35.2 Å². The number of hydrogen-bond donors (Lipinski definition) is 1. The average molecular weight is 239 g/mol. The van der Waals surface area contributed by atoms with Crippen molar-refractivity contribution in [2.45, 2.75) is 57.9 Å². The van der Waals surface area contributed by atoms with Crippen LogP contribution in [0.1, 0.15) is 39.5 Å². The van der Waals surface area contributed by atoms with Crippen LogP contribution in [0, 0.1) is 5.41 Å². The minimum absolute atomic E-state index is 0.0542. The molecule has 0 aromatic carbocycles. The fourth-order valence-corrected chi connectivity index (χ4v) is 1.66. The molecular weight excluding hydrogens is 219 g/mol. The summed E-state index contributed by atoms with van der Waals surface area (Å²) in [5.41, 5.74) is 3.94. The van der Waals surface area contributed by atoms with Gasteiger partial charge < -0.3 is 10.5 Å². The second-order valence-corrected chi connectivity index (χ2v) is 5.23. The molecule has 0 radical (unpaired) electrons. The molecule has 2 nitrogen and oxygen atoms in total. The molecule has 0 spiro atoms. The molecule has 1 rings (SSSR count). The van der Waals surface area contributed by atoms with Crippen LogP contribution >= 0.6 is 0 Å². The first-order valence-electron chi connectivity index (χ1n) is 5.66. The van der Waals surface area contributed by atoms with Crippen LogP contribution in [0.15, 0.2) is 0 Å². The molecule has 16 heavy (non-hydrogen) atoms. The minimum atomic E-state index is -4.21. The Hall–Kier alpha value is -0.290. The Balaban J connectivity index is 2.34. The maximum atomic E-state index is 12.5. The summed E-state index contributed by atoms with van der Waals surface area (Å²) in [7, 11) is 0. The summed E-state index contributed by atoms with van der Waals surface area (Å²) < 4.78 is 43.0. The fraction of sp³-hybridized carbons (Fsp3) is 1.00. The van der Waals surface area contributed by atoms with E-state index in [0.29, 0.717) is 0 Å². The number of nitrogens with two attached hydrogens (primary N) is 1. The van der Waals surface area contributed by atoms with E-state index in [2.05, 4.69) is 0 Å². The van der Waals surface area contributed by atoms with Crippen LogP contribution in [0.2, 0.25) is 0 Å². The number of hydrogen-bond acceptors (Lipinski definition) is 2. The van der Waals surface area contributed by atoms with Crippen LogP contribution in [0.3, 0.4) is 0 Å². The maximum absolute atomic E-state index is 12.5. The van der Waals surface area contributed by atoms with Gasteiger partial charge in [-0.05, 0) is 39.5 Å². The second-order valence-electron chi connectivity index (χ2n) is 5.23. The van der Waals surface area contributed by atoms with Gasteiger partial charge in [-0.1, -0.05) is 0 Å². The molecule has 96 valence electrons. The quantitative estimate of drug-likeness (QED) is 0.822. The molecule has 1 saturated carbocycles. The van der Waals surface area contributed by atoms with Gasteiger partial charge in [0.25, 0.3) is 0 Å². The van der Waals surface area contributed by atoms with Gasteiger partial charge in [-0.2, -0.15) is 13.2 Å². The highest BCUT2D eigenvalue weighted by molar-refractivity contribution is 4.79. The predicted octanol–water partition coefficient (Wildman–Crippen LogP) is 2.86. The second kappa shape index (κ2) is 4.92. The van der Waals surface area contributed by atoms with E-state index in [0.717, 1.165) is 25.7 Å². The summed E-state index contributed by atoms with van der Waals surface area (Å²) >= 11 is 0. The van der Waals surface area contributed by atoms with Gasteiger partial charge >= 0.3 is 6.18 Å². The Morgan fingerprint density at radius 3 is 2.06 bits per heavy atom. The summed E-state index contributed by atoms with van der Waals surface area (Å²) in [6, 6.07) is 0.190. The Labute approximate surface area is 94.3 Å². The molecule has 0 heterocycles. The molecule has 0 aliphatic heterocycles. The normalized spacial score (nSPS) is 28.1. The largest absolute Gasteiger partial charge is 0.396 e. The van der Waals surface area contributed by atoms with Gasteiger partial charge in [-0.3, -0.25) is 0 Å². The first kappa shape index (κ1) is 13.8. The highest BCUT2D eigenvalue weighted by Gasteiger charge is 2.47. The zero-order chi connectivity index (χ0) is 12.4. The Bertz CT molecular complexity index is 220. The smallest absolute Gasteiger partial charge is 0.377 e. The number of ether oxygens (including phenoxy) is 1. The van der Waals surface area contributed by atoms with Crippen LogP contribution in [-0.2, 0) is 4.74 Å². The Morgan fingerprint density at radius 2 is 1.62 bits per heavy atom. The molecule has 0 unspecified atom stereocenters. The van der Waals surface area contributed by atoms with Crippen LogP contribution in [-0.4, -0.2) is 24.9 Å². The van der Waals surface area contributed by atoms with E-state index in [-0.39, 0.29) is 18.8 Å². The van der Waals surface area contributed by atoms with E-state index in [9.17, 15) is 13.2 Å². The predicted molar refractivity (Wildman–Crippen MR) is 56.0 cm³/mol. The van der Waals surface area contributed by atoms with Gasteiger partial charge in [0, 0.05) is 6.04 Å². The van der Waals surface area contributed by atoms with Crippen LogP contribution in [0.25, 0.3) is 0 Å². The molecule has 0 atom stereocenters. The first-order chi connectivity index (χ1) is 7.22. The van der Waals surface area contributed by atoms with Gasteiger partial charge in [0.2, 0.25) is 0 Å². The molecule has 0 amide bonds. The molecule has 0 saturated heterocycles. The van der Waals surface area contributed by atoms with Gasteiger partial charge in [0.1, 0.15) is 0 Å². The van der Waals surface area contributed by atoms with E-state index in [1.165, 1.54) is 13.8 Å². The van der Waals surface area contributed by atoms with E-state index >= 15 is 0 Å². The summed E-state index contributed by atoms with van der Waals surface area (Å²) in [6.45, 7) is 2.07. The fourth-order valence-electron chi connectivity index (χ4n) is 1.66. The van der Waals surface area contributed by atoms with Gasteiger partial charge in [-0.15, -0.1) is 0 Å². The Morgan fingerprint density at radius 1 is 1.12 bits per heavy atom. The molecule has 1 aliphatic carbocycles.